The zero-order chi connectivity index (χ0) is 21.1. The number of carbonyl (C=O) groups is 2. The van der Waals surface area contributed by atoms with E-state index in [-0.39, 0.29) is 17.7 Å². The van der Waals surface area contributed by atoms with Crippen LogP contribution in [0.1, 0.15) is 19.8 Å². The standard InChI is InChI=1S/C22H24N4O3S/c1-14(27)23-16-4-3-5-17(12-16)24-21(28)15-8-10-26(11-9-15)22-25-19-7-6-18(29-2)13-20(19)30-22/h3-7,12-13,15H,8-11H2,1-2H3,(H,23,27)(H,24,28). The van der Waals surface area contributed by atoms with Crippen LogP contribution in [-0.4, -0.2) is 37.0 Å². The van der Waals surface area contributed by atoms with Gasteiger partial charge in [0.15, 0.2) is 5.13 Å². The number of hydrogen-bond acceptors (Lipinski definition) is 6. The molecule has 2 heterocycles. The number of amides is 2. The van der Waals surface area contributed by atoms with E-state index in [1.54, 1.807) is 30.6 Å². The van der Waals surface area contributed by atoms with Crippen LogP contribution < -0.4 is 20.3 Å². The summed E-state index contributed by atoms with van der Waals surface area (Å²) in [5.74, 6) is 0.665. The molecule has 1 fully saturated rings. The average Bonchev–Trinajstić information content (AvgIpc) is 3.17. The third kappa shape index (κ3) is 4.54. The summed E-state index contributed by atoms with van der Waals surface area (Å²) >= 11 is 1.65. The van der Waals surface area contributed by atoms with Crippen LogP contribution in [0.15, 0.2) is 42.5 Å². The van der Waals surface area contributed by atoms with Crippen LogP contribution in [0.4, 0.5) is 16.5 Å². The van der Waals surface area contributed by atoms with Gasteiger partial charge in [0.1, 0.15) is 5.75 Å². The predicted octanol–water partition coefficient (Wildman–Crippen LogP) is 4.12. The number of hydrogen-bond donors (Lipinski definition) is 2. The molecule has 0 atom stereocenters. The fraction of sp³-hybridized carbons (Fsp3) is 0.318. The first-order valence-electron chi connectivity index (χ1n) is 9.90. The van der Waals surface area contributed by atoms with Crippen molar-refractivity contribution in [1.82, 2.24) is 4.98 Å². The topological polar surface area (TPSA) is 83.6 Å². The van der Waals surface area contributed by atoms with Crippen molar-refractivity contribution in [3.63, 3.8) is 0 Å². The van der Waals surface area contributed by atoms with E-state index in [1.165, 1.54) is 6.92 Å². The lowest BCUT2D eigenvalue weighted by molar-refractivity contribution is -0.120. The summed E-state index contributed by atoms with van der Waals surface area (Å²) in [4.78, 5) is 30.9. The number of nitrogens with one attached hydrogen (secondary N) is 2. The summed E-state index contributed by atoms with van der Waals surface area (Å²) in [5, 5.41) is 6.69. The maximum atomic E-state index is 12.7. The lowest BCUT2D eigenvalue weighted by atomic mass is 9.96. The monoisotopic (exact) mass is 424 g/mol. The first kappa shape index (κ1) is 20.2. The van der Waals surface area contributed by atoms with Crippen molar-refractivity contribution >= 4 is 49.9 Å². The molecular formula is C22H24N4O3S. The Hall–Kier alpha value is -3.13. The zero-order valence-corrected chi connectivity index (χ0v) is 17.8. The minimum absolute atomic E-state index is 0.0173. The smallest absolute Gasteiger partial charge is 0.227 e. The molecule has 0 radical (unpaired) electrons. The fourth-order valence-electron chi connectivity index (χ4n) is 3.61. The number of nitrogens with zero attached hydrogens (tertiary/aromatic N) is 2. The number of methoxy groups -OCH3 is 1. The van der Waals surface area contributed by atoms with Gasteiger partial charge in [-0.05, 0) is 49.2 Å². The van der Waals surface area contributed by atoms with E-state index in [1.807, 2.05) is 30.3 Å². The van der Waals surface area contributed by atoms with Crippen molar-refractivity contribution in [2.75, 3.05) is 35.7 Å². The van der Waals surface area contributed by atoms with Gasteiger partial charge in [-0.15, -0.1) is 0 Å². The zero-order valence-electron chi connectivity index (χ0n) is 17.0. The number of ether oxygens (including phenoxy) is 1. The van der Waals surface area contributed by atoms with Crippen LogP contribution in [0.2, 0.25) is 0 Å². The van der Waals surface area contributed by atoms with Gasteiger partial charge in [0.25, 0.3) is 0 Å². The number of rotatable bonds is 5. The Morgan fingerprint density at radius 3 is 2.53 bits per heavy atom. The molecular weight excluding hydrogens is 400 g/mol. The number of benzene rings is 2. The second kappa shape index (κ2) is 8.71. The van der Waals surface area contributed by atoms with Crippen LogP contribution in [0, 0.1) is 5.92 Å². The fourth-order valence-corrected chi connectivity index (χ4v) is 4.66. The van der Waals surface area contributed by atoms with Crippen molar-refractivity contribution in [1.29, 1.82) is 0 Å². The molecule has 1 aliphatic heterocycles. The highest BCUT2D eigenvalue weighted by Gasteiger charge is 2.26. The van der Waals surface area contributed by atoms with Gasteiger partial charge >= 0.3 is 0 Å². The summed E-state index contributed by atoms with van der Waals surface area (Å²) in [6.45, 7) is 3.04. The van der Waals surface area contributed by atoms with Gasteiger partial charge in [-0.2, -0.15) is 0 Å². The van der Waals surface area contributed by atoms with E-state index in [2.05, 4.69) is 15.5 Å². The lowest BCUT2D eigenvalue weighted by Gasteiger charge is -2.31. The van der Waals surface area contributed by atoms with E-state index in [9.17, 15) is 9.59 Å². The molecule has 0 bridgehead atoms. The van der Waals surface area contributed by atoms with E-state index >= 15 is 0 Å². The number of anilines is 3. The van der Waals surface area contributed by atoms with Gasteiger partial charge < -0.3 is 20.3 Å². The third-order valence-corrected chi connectivity index (χ3v) is 6.25. The molecule has 4 rings (SSSR count). The summed E-state index contributed by atoms with van der Waals surface area (Å²) in [6, 6.07) is 13.1. The highest BCUT2D eigenvalue weighted by molar-refractivity contribution is 7.22. The summed E-state index contributed by atoms with van der Waals surface area (Å²) in [6.07, 6.45) is 1.55. The summed E-state index contributed by atoms with van der Waals surface area (Å²) in [7, 11) is 1.66. The maximum Gasteiger partial charge on any atom is 0.227 e. The molecule has 0 saturated carbocycles. The van der Waals surface area contributed by atoms with Crippen molar-refractivity contribution in [2.45, 2.75) is 19.8 Å². The lowest BCUT2D eigenvalue weighted by Crippen LogP contribution is -2.38. The molecule has 7 nitrogen and oxygen atoms in total. The van der Waals surface area contributed by atoms with Crippen LogP contribution >= 0.6 is 11.3 Å². The van der Waals surface area contributed by atoms with Gasteiger partial charge in [0.2, 0.25) is 11.8 Å². The number of fused-ring (bicyclic) bond motifs is 1. The Balaban J connectivity index is 1.36. The molecule has 30 heavy (non-hydrogen) atoms. The summed E-state index contributed by atoms with van der Waals surface area (Å²) in [5.41, 5.74) is 2.33. The van der Waals surface area contributed by atoms with Crippen molar-refractivity contribution in [3.8, 4) is 5.75 Å². The third-order valence-electron chi connectivity index (χ3n) is 5.17. The largest absolute Gasteiger partial charge is 0.497 e. The second-order valence-corrected chi connectivity index (χ2v) is 8.35. The molecule has 2 N–H and O–H groups in total. The Labute approximate surface area is 179 Å². The quantitative estimate of drug-likeness (QED) is 0.644. The molecule has 0 spiro atoms. The van der Waals surface area contributed by atoms with Gasteiger partial charge in [-0.3, -0.25) is 9.59 Å². The Morgan fingerprint density at radius 1 is 1.10 bits per heavy atom. The summed E-state index contributed by atoms with van der Waals surface area (Å²) < 4.78 is 6.39. The number of thiazole rings is 1. The SMILES string of the molecule is COc1ccc2nc(N3CCC(C(=O)Nc4cccc(NC(C)=O)c4)CC3)sc2c1. The molecule has 1 aromatic heterocycles. The molecule has 0 unspecified atom stereocenters. The van der Waals surface area contributed by atoms with E-state index in [4.69, 9.17) is 9.72 Å². The first-order valence-corrected chi connectivity index (χ1v) is 10.7. The molecule has 3 aromatic rings. The van der Waals surface area contributed by atoms with Crippen molar-refractivity contribution in [3.05, 3.63) is 42.5 Å². The normalized spacial score (nSPS) is 14.5. The van der Waals surface area contributed by atoms with E-state index < -0.39 is 0 Å². The molecule has 1 saturated heterocycles. The van der Waals surface area contributed by atoms with Gasteiger partial charge in [0.05, 0.1) is 17.3 Å². The van der Waals surface area contributed by atoms with Gasteiger partial charge in [-0.25, -0.2) is 4.98 Å². The highest BCUT2D eigenvalue weighted by Crippen LogP contribution is 2.33. The van der Waals surface area contributed by atoms with Crippen LogP contribution in [0.5, 0.6) is 5.75 Å². The Kier molecular flexibility index (Phi) is 5.85. The first-order chi connectivity index (χ1) is 14.5. The second-order valence-electron chi connectivity index (χ2n) is 7.34. The minimum atomic E-state index is -0.140. The number of piperidine rings is 1. The molecule has 156 valence electrons. The van der Waals surface area contributed by atoms with Gasteiger partial charge in [-0.1, -0.05) is 17.4 Å². The van der Waals surface area contributed by atoms with Gasteiger partial charge in [0, 0.05) is 37.3 Å². The Morgan fingerprint density at radius 2 is 1.83 bits per heavy atom. The molecule has 2 aromatic carbocycles. The number of aromatic nitrogens is 1. The molecule has 1 aliphatic rings. The number of carbonyl (C=O) groups excluding carboxylic acids is 2. The predicted molar refractivity (Wildman–Crippen MR) is 120 cm³/mol. The van der Waals surface area contributed by atoms with Crippen LogP contribution in [-0.2, 0) is 9.59 Å². The average molecular weight is 425 g/mol. The molecule has 8 heteroatoms. The van der Waals surface area contributed by atoms with Crippen molar-refractivity contribution in [2.24, 2.45) is 5.92 Å². The molecule has 0 aliphatic carbocycles. The maximum absolute atomic E-state index is 12.7. The Bertz CT molecular complexity index is 1070. The van der Waals surface area contributed by atoms with E-state index in [0.29, 0.717) is 11.4 Å². The van der Waals surface area contributed by atoms with E-state index in [0.717, 1.165) is 47.0 Å². The molecule has 2 amide bonds. The minimum Gasteiger partial charge on any atom is -0.497 e. The van der Waals surface area contributed by atoms with Crippen LogP contribution in [0.25, 0.3) is 10.2 Å². The van der Waals surface area contributed by atoms with Crippen LogP contribution in [0.3, 0.4) is 0 Å². The highest BCUT2D eigenvalue weighted by atomic mass is 32.1. The van der Waals surface area contributed by atoms with Crippen molar-refractivity contribution < 1.29 is 14.3 Å².